The van der Waals surface area contributed by atoms with Crippen LogP contribution in [0.15, 0.2) is 0 Å². The molecule has 16 heteroatoms. The number of aromatic nitrogens is 4. The molecular formula is C19H26N6O8S2. The third-order valence-corrected chi connectivity index (χ3v) is 6.58. The van der Waals surface area contributed by atoms with E-state index in [4.69, 9.17) is 10.2 Å². The normalized spacial score (nSPS) is 14.5. The van der Waals surface area contributed by atoms with Crippen LogP contribution in [0.25, 0.3) is 0 Å². The Hall–Kier alpha value is -3.08. The molecule has 2 aromatic heterocycles. The van der Waals surface area contributed by atoms with Gasteiger partial charge in [-0.1, -0.05) is 22.7 Å². The minimum Gasteiger partial charge on any atom is -0.481 e. The third-order valence-electron chi connectivity index (χ3n) is 4.78. The molecule has 3 atom stereocenters. The minimum atomic E-state index is -2.18. The summed E-state index contributed by atoms with van der Waals surface area (Å²) in [5, 5.41) is 59.5. The first kappa shape index (κ1) is 28.2. The number of hydrogen-bond donors (Lipinski definition) is 6. The zero-order chi connectivity index (χ0) is 26.2. The topological polar surface area (TPSA) is 225 Å². The number of amides is 2. The maximum absolute atomic E-state index is 11.9. The van der Waals surface area contributed by atoms with Gasteiger partial charge in [-0.2, -0.15) is 0 Å². The Morgan fingerprint density at radius 3 is 1.86 bits per heavy atom. The second kappa shape index (κ2) is 12.6. The maximum Gasteiger partial charge on any atom is 0.335 e. The van der Waals surface area contributed by atoms with Crippen LogP contribution in [0.1, 0.15) is 49.5 Å². The van der Waals surface area contributed by atoms with E-state index < -0.39 is 47.8 Å². The van der Waals surface area contributed by atoms with Gasteiger partial charge in [-0.3, -0.25) is 14.4 Å². The van der Waals surface area contributed by atoms with Crippen molar-refractivity contribution >= 4 is 56.7 Å². The number of aliphatic hydroxyl groups is 2. The van der Waals surface area contributed by atoms with Gasteiger partial charge >= 0.3 is 11.9 Å². The minimum absolute atomic E-state index is 0.207. The molecular weight excluding hydrogens is 504 g/mol. The molecule has 2 amide bonds. The fourth-order valence-electron chi connectivity index (χ4n) is 2.62. The number of hydrogen-bond acceptors (Lipinski definition) is 12. The van der Waals surface area contributed by atoms with Crippen LogP contribution in [-0.2, 0) is 32.0 Å². The molecule has 0 aliphatic heterocycles. The molecule has 0 saturated carbocycles. The number of carbonyl (C=O) groups is 4. The van der Waals surface area contributed by atoms with E-state index in [-0.39, 0.29) is 16.7 Å². The molecule has 0 bridgehead atoms. The molecule has 0 aliphatic carbocycles. The molecule has 2 rings (SSSR count). The Morgan fingerprint density at radius 2 is 1.40 bits per heavy atom. The van der Waals surface area contributed by atoms with Crippen LogP contribution >= 0.6 is 22.7 Å². The fourth-order valence-corrected chi connectivity index (χ4v) is 4.21. The highest BCUT2D eigenvalue weighted by Gasteiger charge is 2.33. The Kier molecular flexibility index (Phi) is 10.1. The lowest BCUT2D eigenvalue weighted by molar-refractivity contribution is -0.158. The predicted molar refractivity (Wildman–Crippen MR) is 124 cm³/mol. The highest BCUT2D eigenvalue weighted by molar-refractivity contribution is 7.15. The molecule has 192 valence electrons. The maximum atomic E-state index is 11.9. The van der Waals surface area contributed by atoms with Crippen LogP contribution in [-0.4, -0.2) is 76.3 Å². The van der Waals surface area contributed by atoms with Gasteiger partial charge in [0.2, 0.25) is 22.1 Å². The number of nitrogens with zero attached hydrogens (tertiary/aromatic N) is 4. The molecule has 35 heavy (non-hydrogen) atoms. The molecule has 0 fully saturated rings. The van der Waals surface area contributed by atoms with Gasteiger partial charge in [0.05, 0.1) is 24.9 Å². The van der Waals surface area contributed by atoms with Crippen LogP contribution in [0.2, 0.25) is 0 Å². The predicted octanol–water partition coefficient (Wildman–Crippen LogP) is 0.529. The number of unbranched alkanes of at least 4 members (excludes halogenated alkanes) is 1. The Bertz CT molecular complexity index is 1060. The molecule has 2 aromatic rings. The van der Waals surface area contributed by atoms with Gasteiger partial charge in [0.25, 0.3) is 0 Å². The van der Waals surface area contributed by atoms with E-state index >= 15 is 0 Å². The summed E-state index contributed by atoms with van der Waals surface area (Å²) in [7, 11) is 0. The Labute approximate surface area is 207 Å². The van der Waals surface area contributed by atoms with Crippen LogP contribution < -0.4 is 10.6 Å². The van der Waals surface area contributed by atoms with Crippen molar-refractivity contribution in [1.82, 2.24) is 20.4 Å². The van der Waals surface area contributed by atoms with Crippen molar-refractivity contribution < 1.29 is 39.6 Å². The van der Waals surface area contributed by atoms with E-state index in [1.54, 1.807) is 0 Å². The number of carbonyl (C=O) groups excluding carboxylic acids is 2. The number of nitrogens with one attached hydrogen (secondary N) is 2. The zero-order valence-electron chi connectivity index (χ0n) is 18.9. The lowest BCUT2D eigenvalue weighted by Gasteiger charge is -2.16. The highest BCUT2D eigenvalue weighted by atomic mass is 32.1. The summed E-state index contributed by atoms with van der Waals surface area (Å²) in [4.78, 5) is 45.5. The van der Waals surface area contributed by atoms with E-state index in [0.29, 0.717) is 22.9 Å². The zero-order valence-corrected chi connectivity index (χ0v) is 20.6. The second-order valence-electron chi connectivity index (χ2n) is 7.96. The van der Waals surface area contributed by atoms with Crippen molar-refractivity contribution in [2.24, 2.45) is 5.92 Å². The lowest BCUT2D eigenvalue weighted by Crippen LogP contribution is -2.38. The number of rotatable bonds is 14. The number of carboxylic acids is 2. The summed E-state index contributed by atoms with van der Waals surface area (Å²) in [5.41, 5.74) is -2.18. The molecule has 0 saturated heterocycles. The first-order chi connectivity index (χ1) is 16.4. The fraction of sp³-hybridized carbons (Fsp3) is 0.579. The number of aliphatic carboxylic acids is 2. The van der Waals surface area contributed by atoms with Crippen molar-refractivity contribution in [1.29, 1.82) is 0 Å². The van der Waals surface area contributed by atoms with Gasteiger partial charge in [-0.15, -0.1) is 20.4 Å². The van der Waals surface area contributed by atoms with Gasteiger partial charge in [0.1, 0.15) is 10.0 Å². The van der Waals surface area contributed by atoms with Crippen molar-refractivity contribution in [3.05, 3.63) is 10.0 Å². The summed E-state index contributed by atoms with van der Waals surface area (Å²) in [6, 6.07) is 0. The Balaban J connectivity index is 1.71. The molecule has 0 radical (unpaired) electrons. The van der Waals surface area contributed by atoms with Crippen LogP contribution in [0.3, 0.4) is 0 Å². The average molecular weight is 531 g/mol. The summed E-state index contributed by atoms with van der Waals surface area (Å²) in [5.74, 6) is -5.01. The SMILES string of the molecule is CC(C(=O)O)[C@H](O)CC(=O)Nc1nnc(CCCCc2nnc(NC(=O)C[C@](C)(O)C(=O)O)s2)s1. The van der Waals surface area contributed by atoms with Crippen LogP contribution in [0.4, 0.5) is 10.3 Å². The van der Waals surface area contributed by atoms with E-state index in [9.17, 15) is 29.4 Å². The number of carboxylic acid groups (broad SMARTS) is 2. The first-order valence-corrected chi connectivity index (χ1v) is 12.1. The molecule has 0 aromatic carbocycles. The first-order valence-electron chi connectivity index (χ1n) is 10.5. The van der Waals surface area contributed by atoms with Crippen molar-refractivity contribution in [3.63, 3.8) is 0 Å². The van der Waals surface area contributed by atoms with E-state index in [1.165, 1.54) is 18.3 Å². The van der Waals surface area contributed by atoms with Gasteiger partial charge in [-0.05, 0) is 26.7 Å². The molecule has 2 heterocycles. The number of aryl methyl sites for hydroxylation is 2. The van der Waals surface area contributed by atoms with Crippen molar-refractivity contribution in [2.75, 3.05) is 10.6 Å². The molecule has 1 unspecified atom stereocenters. The van der Waals surface area contributed by atoms with Gasteiger partial charge in [0, 0.05) is 12.8 Å². The largest absolute Gasteiger partial charge is 0.481 e. The monoisotopic (exact) mass is 530 g/mol. The van der Waals surface area contributed by atoms with Gasteiger partial charge in [0.15, 0.2) is 5.60 Å². The third kappa shape index (κ3) is 9.23. The summed E-state index contributed by atoms with van der Waals surface area (Å²) in [6.07, 6.45) is 0.349. The summed E-state index contributed by atoms with van der Waals surface area (Å²) in [6.45, 7) is 2.35. The highest BCUT2D eigenvalue weighted by Crippen LogP contribution is 2.21. The lowest BCUT2D eigenvalue weighted by atomic mass is 10.0. The van der Waals surface area contributed by atoms with Crippen LogP contribution in [0, 0.1) is 5.92 Å². The standard InChI is InChI=1S/C19H26N6O8S2/c1-9(15(29)30)10(26)7-11(27)20-17-24-22-13(34-17)5-3-4-6-14-23-25-18(35-14)21-12(28)8-19(2,33)16(31)32/h9-10,26,33H,3-8H2,1-2H3,(H,29,30)(H,31,32)(H,20,24,27)(H,21,25,28)/t9?,10-,19+/m1/s1. The van der Waals surface area contributed by atoms with Crippen molar-refractivity contribution in [2.45, 2.75) is 64.1 Å². The summed E-state index contributed by atoms with van der Waals surface area (Å²) < 4.78 is 0. The molecule has 14 nitrogen and oxygen atoms in total. The number of aliphatic hydroxyl groups excluding tert-OH is 1. The summed E-state index contributed by atoms with van der Waals surface area (Å²) >= 11 is 2.33. The second-order valence-corrected chi connectivity index (χ2v) is 10.1. The van der Waals surface area contributed by atoms with E-state index in [1.807, 2.05) is 0 Å². The smallest absolute Gasteiger partial charge is 0.335 e. The number of anilines is 2. The van der Waals surface area contributed by atoms with Crippen molar-refractivity contribution in [3.8, 4) is 0 Å². The van der Waals surface area contributed by atoms with Crippen LogP contribution in [0.5, 0.6) is 0 Å². The van der Waals surface area contributed by atoms with E-state index in [2.05, 4.69) is 31.0 Å². The molecule has 0 aliphatic rings. The van der Waals surface area contributed by atoms with Gasteiger partial charge in [-0.25, -0.2) is 4.79 Å². The Morgan fingerprint density at radius 1 is 0.914 bits per heavy atom. The molecule has 0 spiro atoms. The molecule has 6 N–H and O–H groups in total. The van der Waals surface area contributed by atoms with Gasteiger partial charge < -0.3 is 31.1 Å². The quantitative estimate of drug-likeness (QED) is 0.184. The van der Waals surface area contributed by atoms with E-state index in [0.717, 1.165) is 31.1 Å². The average Bonchev–Trinajstić information content (AvgIpc) is 3.39.